The summed E-state index contributed by atoms with van der Waals surface area (Å²) < 4.78 is 3.16. The first-order valence-electron chi connectivity index (χ1n) is 9.38. The Kier molecular flexibility index (Phi) is 6.25. The summed E-state index contributed by atoms with van der Waals surface area (Å²) in [7, 11) is 0. The minimum Gasteiger partial charge on any atom is -0.293 e. The van der Waals surface area contributed by atoms with Crippen LogP contribution in [0.1, 0.15) is 31.9 Å². The highest BCUT2D eigenvalue weighted by atomic mass is 79.9. The van der Waals surface area contributed by atoms with E-state index in [9.17, 15) is 14.9 Å². The summed E-state index contributed by atoms with van der Waals surface area (Å²) in [5.74, 6) is -0.291. The zero-order valence-corrected chi connectivity index (χ0v) is 19.6. The second-order valence-corrected chi connectivity index (χ2v) is 9.82. The van der Waals surface area contributed by atoms with Crippen molar-refractivity contribution in [1.29, 1.82) is 5.26 Å². The third kappa shape index (κ3) is 4.23. The van der Waals surface area contributed by atoms with Crippen LogP contribution in [0.5, 0.6) is 0 Å². The van der Waals surface area contributed by atoms with Crippen LogP contribution in [0.25, 0.3) is 17.3 Å². The molecular weight excluding hydrogens is 460 g/mol. The van der Waals surface area contributed by atoms with Gasteiger partial charge in [-0.15, -0.1) is 11.3 Å². The average Bonchev–Trinajstić information content (AvgIpc) is 3.00. The summed E-state index contributed by atoms with van der Waals surface area (Å²) >= 11 is 4.67. The molecule has 0 spiro atoms. The number of hydrogen-bond acceptors (Lipinski definition) is 4. The Bertz CT molecular complexity index is 1350. The third-order valence-electron chi connectivity index (χ3n) is 4.61. The smallest absolute Gasteiger partial charge is 0.273 e. The van der Waals surface area contributed by atoms with Crippen molar-refractivity contribution in [3.8, 4) is 11.8 Å². The van der Waals surface area contributed by atoms with E-state index >= 15 is 0 Å². The van der Waals surface area contributed by atoms with Crippen molar-refractivity contribution in [2.75, 3.05) is 0 Å². The molecule has 0 saturated heterocycles. The molecule has 0 aliphatic carbocycles. The van der Waals surface area contributed by atoms with Crippen LogP contribution in [0.4, 0.5) is 0 Å². The van der Waals surface area contributed by atoms with E-state index < -0.39 is 5.41 Å². The van der Waals surface area contributed by atoms with Crippen molar-refractivity contribution in [2.24, 2.45) is 5.41 Å². The lowest BCUT2D eigenvalue weighted by Crippen LogP contribution is -2.33. The lowest BCUT2D eigenvalue weighted by atomic mass is 9.87. The molecule has 0 unspecified atom stereocenters. The van der Waals surface area contributed by atoms with Gasteiger partial charge in [-0.3, -0.25) is 14.2 Å². The molecule has 0 amide bonds. The highest BCUT2D eigenvalue weighted by molar-refractivity contribution is 9.10. The van der Waals surface area contributed by atoms with Gasteiger partial charge in [-0.1, -0.05) is 73.1 Å². The molecular formula is C24H21BrN2O2S. The van der Waals surface area contributed by atoms with E-state index in [0.717, 1.165) is 26.9 Å². The van der Waals surface area contributed by atoms with Crippen LogP contribution in [0.15, 0.2) is 57.8 Å². The van der Waals surface area contributed by atoms with Crippen LogP contribution in [-0.2, 0) is 4.79 Å². The van der Waals surface area contributed by atoms with Crippen LogP contribution in [0, 0.1) is 23.7 Å². The maximum absolute atomic E-state index is 13.4. The number of halogens is 1. The monoisotopic (exact) mass is 480 g/mol. The quantitative estimate of drug-likeness (QED) is 0.566. The summed E-state index contributed by atoms with van der Waals surface area (Å²) in [4.78, 5) is 26.5. The van der Waals surface area contributed by atoms with Crippen molar-refractivity contribution < 1.29 is 4.79 Å². The molecule has 0 radical (unpaired) electrons. The normalized spacial score (nSPS) is 13.1. The Labute approximate surface area is 187 Å². The number of Topliss-reactive ketones (excluding diaryl/α,β-unsaturated/α-hetero) is 1. The number of carbonyl (C=O) groups is 1. The van der Waals surface area contributed by atoms with Gasteiger partial charge in [0.05, 0.1) is 10.2 Å². The highest BCUT2D eigenvalue weighted by Gasteiger charge is 2.27. The van der Waals surface area contributed by atoms with Crippen LogP contribution in [0.2, 0.25) is 0 Å². The van der Waals surface area contributed by atoms with E-state index in [4.69, 9.17) is 0 Å². The molecule has 4 nitrogen and oxygen atoms in total. The molecule has 2 aromatic carbocycles. The first kappa shape index (κ1) is 21.9. The fraction of sp³-hybridized carbons (Fsp3) is 0.208. The van der Waals surface area contributed by atoms with Gasteiger partial charge < -0.3 is 0 Å². The van der Waals surface area contributed by atoms with Crippen molar-refractivity contribution in [3.05, 3.63) is 83.7 Å². The first-order valence-corrected chi connectivity index (χ1v) is 11.0. The van der Waals surface area contributed by atoms with Crippen LogP contribution in [0.3, 0.4) is 0 Å². The molecule has 3 rings (SSSR count). The number of aromatic nitrogens is 1. The second kappa shape index (κ2) is 8.55. The summed E-state index contributed by atoms with van der Waals surface area (Å²) in [6, 6.07) is 17.1. The predicted octanol–water partition coefficient (Wildman–Crippen LogP) is 4.09. The zero-order valence-electron chi connectivity index (χ0n) is 17.2. The molecule has 0 fully saturated rings. The lowest BCUT2D eigenvalue weighted by Gasteiger charge is -2.15. The van der Waals surface area contributed by atoms with Crippen molar-refractivity contribution in [1.82, 2.24) is 4.57 Å². The largest absolute Gasteiger partial charge is 0.293 e. The number of nitriles is 1. The minimum absolute atomic E-state index is 0.000342. The number of benzene rings is 2. The average molecular weight is 481 g/mol. The minimum atomic E-state index is -0.742. The molecule has 0 aliphatic heterocycles. The van der Waals surface area contributed by atoms with Gasteiger partial charge in [-0.25, -0.2) is 0 Å². The van der Waals surface area contributed by atoms with Gasteiger partial charge in [0.15, 0.2) is 5.78 Å². The number of nitrogens with zero attached hydrogens (tertiary/aromatic N) is 2. The van der Waals surface area contributed by atoms with Gasteiger partial charge in [-0.05, 0) is 36.3 Å². The molecule has 0 N–H and O–H groups in total. The third-order valence-corrected chi connectivity index (χ3v) is 6.42. The van der Waals surface area contributed by atoms with Crippen LogP contribution < -0.4 is 14.8 Å². The van der Waals surface area contributed by atoms with Crippen LogP contribution in [-0.4, -0.2) is 10.4 Å². The van der Waals surface area contributed by atoms with E-state index in [-0.39, 0.29) is 16.9 Å². The number of para-hydroxylation sites is 1. The number of aryl methyl sites for hydroxylation is 1. The Balaban J connectivity index is 2.50. The maximum Gasteiger partial charge on any atom is 0.273 e. The van der Waals surface area contributed by atoms with Gasteiger partial charge in [-0.2, -0.15) is 5.26 Å². The number of hydrogen-bond donors (Lipinski definition) is 0. The van der Waals surface area contributed by atoms with Gasteiger partial charge in [0.2, 0.25) is 0 Å². The molecule has 0 aliphatic rings. The molecule has 0 saturated carbocycles. The molecule has 1 heterocycles. The zero-order chi connectivity index (χ0) is 22.1. The van der Waals surface area contributed by atoms with Crippen LogP contribution >= 0.6 is 27.3 Å². The SMILES string of the molecule is Cc1ccccc1-n1c(=C(C#N)C(=O)C(C)(C)C)sc(=Cc2ccccc2Br)c1=O. The number of carbonyl (C=O) groups excluding carboxylic acids is 1. The van der Waals surface area contributed by atoms with E-state index in [0.29, 0.717) is 14.9 Å². The molecule has 0 atom stereocenters. The Morgan fingerprint density at radius 2 is 1.77 bits per heavy atom. The number of ketones is 1. The van der Waals surface area contributed by atoms with E-state index in [1.54, 1.807) is 26.8 Å². The van der Waals surface area contributed by atoms with Crippen molar-refractivity contribution >= 4 is 44.7 Å². The fourth-order valence-corrected chi connectivity index (χ4v) is 4.47. The Hall–Kier alpha value is -2.75. The van der Waals surface area contributed by atoms with Crippen molar-refractivity contribution in [3.63, 3.8) is 0 Å². The molecule has 152 valence electrons. The Morgan fingerprint density at radius 3 is 2.37 bits per heavy atom. The summed E-state index contributed by atoms with van der Waals surface area (Å²) in [5.41, 5.74) is 1.39. The summed E-state index contributed by atoms with van der Waals surface area (Å²) in [6.07, 6.45) is 1.78. The van der Waals surface area contributed by atoms with Gasteiger partial charge in [0, 0.05) is 9.89 Å². The van der Waals surface area contributed by atoms with Gasteiger partial charge in [0.25, 0.3) is 5.56 Å². The number of thiazole rings is 1. The first-order chi connectivity index (χ1) is 14.1. The maximum atomic E-state index is 13.4. The summed E-state index contributed by atoms with van der Waals surface area (Å²) in [5, 5.41) is 9.85. The molecule has 6 heteroatoms. The van der Waals surface area contributed by atoms with E-state index in [2.05, 4.69) is 22.0 Å². The molecule has 0 bridgehead atoms. The summed E-state index contributed by atoms with van der Waals surface area (Å²) in [6.45, 7) is 7.21. The van der Waals surface area contributed by atoms with E-state index in [1.807, 2.05) is 55.5 Å². The standard InChI is InChI=1S/C24H21BrN2O2S/c1-15-9-5-8-12-19(15)27-22(29)20(13-16-10-6-7-11-18(16)25)30-23(27)17(14-26)21(28)24(2,3)4/h5-13H,1-4H3. The predicted molar refractivity (Wildman–Crippen MR) is 125 cm³/mol. The van der Waals surface area contributed by atoms with E-state index in [1.165, 1.54) is 4.57 Å². The van der Waals surface area contributed by atoms with Crippen molar-refractivity contribution in [2.45, 2.75) is 27.7 Å². The fourth-order valence-electron chi connectivity index (χ4n) is 2.99. The number of rotatable bonds is 3. The Morgan fingerprint density at radius 1 is 1.13 bits per heavy atom. The highest BCUT2D eigenvalue weighted by Crippen LogP contribution is 2.20. The topological polar surface area (TPSA) is 62.9 Å². The lowest BCUT2D eigenvalue weighted by molar-refractivity contribution is -0.120. The molecule has 30 heavy (non-hydrogen) atoms. The molecule has 3 aromatic rings. The second-order valence-electron chi connectivity index (χ2n) is 7.93. The molecule has 1 aromatic heterocycles. The van der Waals surface area contributed by atoms with Gasteiger partial charge >= 0.3 is 0 Å². The van der Waals surface area contributed by atoms with Gasteiger partial charge in [0.1, 0.15) is 16.3 Å².